The number of hydrogen-bond donors (Lipinski definition) is 1. The molecule has 1 N–H and O–H groups in total. The van der Waals surface area contributed by atoms with Crippen LogP contribution in [0.15, 0.2) is 23.7 Å². The molecular weight excluding hydrogens is 286 g/mol. The van der Waals surface area contributed by atoms with Gasteiger partial charge in [0.1, 0.15) is 0 Å². The minimum Gasteiger partial charge on any atom is -0.346 e. The number of aromatic nitrogens is 2. The number of nitrogens with one attached hydrogen (secondary N) is 1. The fraction of sp³-hybridized carbons (Fsp3) is 0.533. The maximum Gasteiger partial charge on any atom is 0.181 e. The van der Waals surface area contributed by atoms with Gasteiger partial charge in [-0.2, -0.15) is 5.10 Å². The van der Waals surface area contributed by atoms with Gasteiger partial charge >= 0.3 is 0 Å². The predicted octanol–water partition coefficient (Wildman–Crippen LogP) is 2.48. The van der Waals surface area contributed by atoms with E-state index in [1.165, 1.54) is 10.4 Å². The number of rotatable bonds is 3. The summed E-state index contributed by atoms with van der Waals surface area (Å²) in [7, 11) is 0. The molecule has 4 heterocycles. The molecule has 1 spiro atoms. The molecule has 21 heavy (non-hydrogen) atoms. The van der Waals surface area contributed by atoms with E-state index in [9.17, 15) is 0 Å². The first-order valence-electron chi connectivity index (χ1n) is 7.41. The Balaban J connectivity index is 1.50. The Kier molecular flexibility index (Phi) is 3.54. The Labute approximate surface area is 127 Å². The second-order valence-electron chi connectivity index (χ2n) is 5.67. The molecule has 2 aliphatic rings. The van der Waals surface area contributed by atoms with Crippen LogP contribution in [-0.2, 0) is 16.0 Å². The van der Waals surface area contributed by atoms with E-state index in [4.69, 9.17) is 9.47 Å². The third-order valence-corrected chi connectivity index (χ3v) is 5.08. The van der Waals surface area contributed by atoms with Gasteiger partial charge in [0.25, 0.3) is 0 Å². The van der Waals surface area contributed by atoms with E-state index in [-0.39, 0.29) is 5.79 Å². The maximum absolute atomic E-state index is 5.85. The first-order valence-corrected chi connectivity index (χ1v) is 8.29. The van der Waals surface area contributed by atoms with E-state index in [0.29, 0.717) is 0 Å². The first kappa shape index (κ1) is 13.5. The van der Waals surface area contributed by atoms with Gasteiger partial charge < -0.3 is 9.47 Å². The van der Waals surface area contributed by atoms with Crippen LogP contribution in [0.1, 0.15) is 18.4 Å². The number of likely N-dealkylation sites (tertiary alicyclic amines) is 1. The topological polar surface area (TPSA) is 50.4 Å². The third-order valence-electron chi connectivity index (χ3n) is 4.19. The van der Waals surface area contributed by atoms with Gasteiger partial charge in [-0.15, -0.1) is 11.3 Å². The molecule has 4 rings (SSSR count). The molecule has 0 aliphatic carbocycles. The van der Waals surface area contributed by atoms with Crippen molar-refractivity contribution in [2.75, 3.05) is 26.3 Å². The van der Waals surface area contributed by atoms with Crippen molar-refractivity contribution in [3.05, 3.63) is 29.3 Å². The summed E-state index contributed by atoms with van der Waals surface area (Å²) in [5.74, 6) is -0.356. The molecule has 2 saturated heterocycles. The van der Waals surface area contributed by atoms with Crippen LogP contribution in [-0.4, -0.2) is 47.2 Å². The molecule has 0 radical (unpaired) electrons. The molecular formula is C15H19N3O2S. The lowest BCUT2D eigenvalue weighted by atomic mass is 10.0. The van der Waals surface area contributed by atoms with E-state index in [1.54, 1.807) is 11.3 Å². The minimum absolute atomic E-state index is 0.356. The lowest BCUT2D eigenvalue weighted by molar-refractivity contribution is -0.190. The molecule has 112 valence electrons. The van der Waals surface area contributed by atoms with Gasteiger partial charge in [0, 0.05) is 18.5 Å². The van der Waals surface area contributed by atoms with Crippen molar-refractivity contribution in [1.82, 2.24) is 15.1 Å². The summed E-state index contributed by atoms with van der Waals surface area (Å²) in [6, 6.07) is 4.20. The van der Waals surface area contributed by atoms with Gasteiger partial charge in [0.15, 0.2) is 5.79 Å². The van der Waals surface area contributed by atoms with Crippen molar-refractivity contribution in [2.24, 2.45) is 0 Å². The highest BCUT2D eigenvalue weighted by Gasteiger charge is 2.40. The summed E-state index contributed by atoms with van der Waals surface area (Å²) in [6.45, 7) is 4.27. The highest BCUT2D eigenvalue weighted by atomic mass is 32.1. The SMILES string of the molecule is c1csc(-c2[nH]ncc2CN2CCCC3(C2)OCCO3)c1. The average molecular weight is 305 g/mol. The molecule has 0 amide bonds. The van der Waals surface area contributed by atoms with Crippen LogP contribution in [0.3, 0.4) is 0 Å². The van der Waals surface area contributed by atoms with Gasteiger partial charge in [0.05, 0.1) is 36.5 Å². The fourth-order valence-corrected chi connectivity index (χ4v) is 4.00. The van der Waals surface area contributed by atoms with Crippen LogP contribution < -0.4 is 0 Å². The molecule has 0 atom stereocenters. The summed E-state index contributed by atoms with van der Waals surface area (Å²) in [5.41, 5.74) is 2.38. The zero-order valence-corrected chi connectivity index (χ0v) is 12.7. The fourth-order valence-electron chi connectivity index (χ4n) is 3.24. The molecule has 0 aromatic carbocycles. The van der Waals surface area contributed by atoms with E-state index in [1.807, 2.05) is 6.20 Å². The smallest absolute Gasteiger partial charge is 0.181 e. The molecule has 2 aliphatic heterocycles. The predicted molar refractivity (Wildman–Crippen MR) is 81.0 cm³/mol. The van der Waals surface area contributed by atoms with Crippen LogP contribution in [0.25, 0.3) is 10.6 Å². The molecule has 6 heteroatoms. The Bertz CT molecular complexity index is 590. The van der Waals surface area contributed by atoms with E-state index >= 15 is 0 Å². The second kappa shape index (κ2) is 5.53. The zero-order chi connectivity index (χ0) is 14.1. The van der Waals surface area contributed by atoms with Crippen molar-refractivity contribution in [3.63, 3.8) is 0 Å². The summed E-state index contributed by atoms with van der Waals surface area (Å²) >= 11 is 1.74. The normalized spacial score (nSPS) is 22.1. The highest BCUT2D eigenvalue weighted by molar-refractivity contribution is 7.13. The molecule has 0 bridgehead atoms. The van der Waals surface area contributed by atoms with Gasteiger partial charge in [-0.3, -0.25) is 10.00 Å². The van der Waals surface area contributed by atoms with Crippen molar-refractivity contribution < 1.29 is 9.47 Å². The lowest BCUT2D eigenvalue weighted by Gasteiger charge is -2.38. The van der Waals surface area contributed by atoms with Crippen LogP contribution in [0.2, 0.25) is 0 Å². The lowest BCUT2D eigenvalue weighted by Crippen LogP contribution is -2.48. The van der Waals surface area contributed by atoms with Gasteiger partial charge in [-0.05, 0) is 24.4 Å². The van der Waals surface area contributed by atoms with Crippen molar-refractivity contribution in [3.8, 4) is 10.6 Å². The summed E-state index contributed by atoms with van der Waals surface area (Å²) in [6.07, 6.45) is 4.06. The highest BCUT2D eigenvalue weighted by Crippen LogP contribution is 2.32. The number of hydrogen-bond acceptors (Lipinski definition) is 5. The molecule has 2 aromatic heterocycles. The monoisotopic (exact) mass is 305 g/mol. The zero-order valence-electron chi connectivity index (χ0n) is 11.9. The maximum atomic E-state index is 5.85. The van der Waals surface area contributed by atoms with Gasteiger partial charge in [-0.25, -0.2) is 0 Å². The van der Waals surface area contributed by atoms with Crippen LogP contribution >= 0.6 is 11.3 Å². The Morgan fingerprint density at radius 1 is 1.38 bits per heavy atom. The molecule has 0 saturated carbocycles. The largest absolute Gasteiger partial charge is 0.346 e. The van der Waals surface area contributed by atoms with Crippen LogP contribution in [0.5, 0.6) is 0 Å². The average Bonchev–Trinajstić information content (AvgIpc) is 3.20. The van der Waals surface area contributed by atoms with Crippen molar-refractivity contribution >= 4 is 11.3 Å². The van der Waals surface area contributed by atoms with Crippen LogP contribution in [0, 0.1) is 0 Å². The summed E-state index contributed by atoms with van der Waals surface area (Å²) < 4.78 is 11.7. The number of ether oxygens (including phenoxy) is 2. The first-order chi connectivity index (χ1) is 10.3. The standard InChI is InChI=1S/C15H19N3O2S/c1-3-13(21-8-1)14-12(9-16-17-14)10-18-5-2-4-15(11-18)19-6-7-20-15/h1,3,8-9H,2,4-7,10-11H2,(H,16,17). The Morgan fingerprint density at radius 2 is 2.29 bits per heavy atom. The minimum atomic E-state index is -0.356. The van der Waals surface area contributed by atoms with Crippen molar-refractivity contribution in [1.29, 1.82) is 0 Å². The summed E-state index contributed by atoms with van der Waals surface area (Å²) in [5, 5.41) is 9.45. The molecule has 2 aromatic rings. The quantitative estimate of drug-likeness (QED) is 0.946. The Morgan fingerprint density at radius 3 is 3.10 bits per heavy atom. The summed E-state index contributed by atoms with van der Waals surface area (Å²) in [4.78, 5) is 3.65. The number of aromatic amines is 1. The van der Waals surface area contributed by atoms with Gasteiger partial charge in [0.2, 0.25) is 0 Å². The number of H-pyrrole nitrogens is 1. The molecule has 0 unspecified atom stereocenters. The van der Waals surface area contributed by atoms with Crippen molar-refractivity contribution in [2.45, 2.75) is 25.2 Å². The van der Waals surface area contributed by atoms with Gasteiger partial charge in [-0.1, -0.05) is 6.07 Å². The van der Waals surface area contributed by atoms with Crippen LogP contribution in [0.4, 0.5) is 0 Å². The van der Waals surface area contributed by atoms with E-state index < -0.39 is 0 Å². The molecule has 5 nitrogen and oxygen atoms in total. The van der Waals surface area contributed by atoms with E-state index in [2.05, 4.69) is 32.6 Å². The Hall–Kier alpha value is -1.21. The number of nitrogens with zero attached hydrogens (tertiary/aromatic N) is 2. The third kappa shape index (κ3) is 2.64. The van der Waals surface area contributed by atoms with E-state index in [0.717, 1.165) is 51.4 Å². The number of piperidine rings is 1. The second-order valence-corrected chi connectivity index (χ2v) is 6.62. The number of thiophene rings is 1. The molecule has 2 fully saturated rings.